The molecule has 2 aliphatic rings. The van der Waals surface area contributed by atoms with E-state index in [1.165, 1.54) is 19.4 Å². The molecule has 2 heterocycles. The van der Waals surface area contributed by atoms with Crippen molar-refractivity contribution >= 4 is 30.7 Å². The van der Waals surface area contributed by atoms with Crippen LogP contribution in [0.25, 0.3) is 0 Å². The zero-order valence-corrected chi connectivity index (χ0v) is 13.7. The average molecular weight is 312 g/mol. The van der Waals surface area contributed by atoms with Crippen LogP contribution in [0.1, 0.15) is 33.6 Å². The molecule has 2 aliphatic heterocycles. The van der Waals surface area contributed by atoms with E-state index in [1.807, 2.05) is 25.7 Å². The Hall–Kier alpha value is -0.0300. The minimum Gasteiger partial charge on any atom is -0.338 e. The number of nitrogens with two attached hydrogens (primary N) is 1. The Morgan fingerprint density at radius 1 is 1.21 bits per heavy atom. The number of piperazine rings is 1. The molecule has 4 nitrogen and oxygen atoms in total. The Labute approximate surface area is 128 Å². The van der Waals surface area contributed by atoms with E-state index >= 15 is 0 Å². The van der Waals surface area contributed by atoms with E-state index in [2.05, 4.69) is 4.90 Å². The summed E-state index contributed by atoms with van der Waals surface area (Å²) >= 11 is 0. The van der Waals surface area contributed by atoms with Crippen LogP contribution in [0, 0.1) is 5.41 Å². The highest BCUT2D eigenvalue weighted by Crippen LogP contribution is 2.24. The Morgan fingerprint density at radius 2 is 1.84 bits per heavy atom. The molecular weight excluding hydrogens is 285 g/mol. The SMILES string of the molecule is CC(C)(C)[C@H](N)C(=O)N1CCN2CCCC2C1.Cl.Cl. The van der Waals surface area contributed by atoms with Gasteiger partial charge in [0.1, 0.15) is 0 Å². The fourth-order valence-electron chi connectivity index (χ4n) is 2.76. The summed E-state index contributed by atoms with van der Waals surface area (Å²) in [7, 11) is 0. The van der Waals surface area contributed by atoms with Crippen molar-refractivity contribution in [2.75, 3.05) is 26.2 Å². The predicted octanol–water partition coefficient (Wildman–Crippen LogP) is 1.51. The standard InChI is InChI=1S/C13H25N3O.2ClH/c1-13(2,3)11(14)12(17)16-8-7-15-6-4-5-10(15)9-16;;/h10-11H,4-9,14H2,1-3H3;2*1H/t10?,11-;;/m1../s1. The van der Waals surface area contributed by atoms with E-state index in [9.17, 15) is 4.79 Å². The van der Waals surface area contributed by atoms with Gasteiger partial charge in [-0.05, 0) is 24.8 Å². The summed E-state index contributed by atoms with van der Waals surface area (Å²) < 4.78 is 0. The molecule has 2 N–H and O–H groups in total. The normalized spacial score (nSPS) is 25.1. The first-order valence-corrected chi connectivity index (χ1v) is 6.68. The Kier molecular flexibility index (Phi) is 7.10. The summed E-state index contributed by atoms with van der Waals surface area (Å²) in [5.41, 5.74) is 5.91. The smallest absolute Gasteiger partial charge is 0.240 e. The summed E-state index contributed by atoms with van der Waals surface area (Å²) in [6.07, 6.45) is 2.51. The maximum Gasteiger partial charge on any atom is 0.240 e. The molecule has 1 unspecified atom stereocenters. The van der Waals surface area contributed by atoms with Crippen molar-refractivity contribution in [3.05, 3.63) is 0 Å². The second kappa shape index (κ2) is 7.11. The average Bonchev–Trinajstić information content (AvgIpc) is 2.72. The highest BCUT2D eigenvalue weighted by Gasteiger charge is 2.36. The van der Waals surface area contributed by atoms with Crippen LogP contribution < -0.4 is 5.73 Å². The fourth-order valence-corrected chi connectivity index (χ4v) is 2.76. The van der Waals surface area contributed by atoms with Crippen molar-refractivity contribution in [1.29, 1.82) is 0 Å². The molecule has 2 saturated heterocycles. The molecule has 0 spiro atoms. The molecule has 19 heavy (non-hydrogen) atoms. The van der Waals surface area contributed by atoms with E-state index in [-0.39, 0.29) is 42.2 Å². The van der Waals surface area contributed by atoms with Crippen molar-refractivity contribution in [2.24, 2.45) is 11.1 Å². The van der Waals surface area contributed by atoms with Gasteiger partial charge >= 0.3 is 0 Å². The van der Waals surface area contributed by atoms with Gasteiger partial charge in [0.25, 0.3) is 0 Å². The number of halogens is 2. The molecule has 0 aliphatic carbocycles. The summed E-state index contributed by atoms with van der Waals surface area (Å²) in [5.74, 6) is 0.129. The number of hydrogen-bond donors (Lipinski definition) is 1. The summed E-state index contributed by atoms with van der Waals surface area (Å²) in [5, 5.41) is 0. The van der Waals surface area contributed by atoms with Crippen LogP contribution in [0.3, 0.4) is 0 Å². The van der Waals surface area contributed by atoms with Crippen LogP contribution in [-0.4, -0.2) is 54.0 Å². The van der Waals surface area contributed by atoms with E-state index < -0.39 is 0 Å². The van der Waals surface area contributed by atoms with Gasteiger partial charge < -0.3 is 10.6 Å². The lowest BCUT2D eigenvalue weighted by Gasteiger charge is -2.40. The van der Waals surface area contributed by atoms with Gasteiger partial charge in [-0.3, -0.25) is 9.69 Å². The van der Waals surface area contributed by atoms with Crippen LogP contribution in [0.5, 0.6) is 0 Å². The van der Waals surface area contributed by atoms with Crippen LogP contribution in [0.15, 0.2) is 0 Å². The highest BCUT2D eigenvalue weighted by atomic mass is 35.5. The molecule has 1 amide bonds. The topological polar surface area (TPSA) is 49.6 Å². The molecule has 2 fully saturated rings. The van der Waals surface area contributed by atoms with E-state index in [0.29, 0.717) is 6.04 Å². The van der Waals surface area contributed by atoms with E-state index in [4.69, 9.17) is 5.73 Å². The molecule has 0 aromatic carbocycles. The number of nitrogens with zero attached hydrogens (tertiary/aromatic N) is 2. The number of rotatable bonds is 1. The Morgan fingerprint density at radius 3 is 2.42 bits per heavy atom. The molecule has 2 rings (SSSR count). The molecule has 0 radical (unpaired) electrons. The first-order chi connectivity index (χ1) is 7.89. The van der Waals surface area contributed by atoms with Crippen molar-refractivity contribution in [3.8, 4) is 0 Å². The van der Waals surface area contributed by atoms with Crippen LogP contribution in [-0.2, 0) is 4.79 Å². The van der Waals surface area contributed by atoms with E-state index in [0.717, 1.165) is 19.6 Å². The predicted molar refractivity (Wildman–Crippen MR) is 83.1 cm³/mol. The third-order valence-corrected chi connectivity index (χ3v) is 4.10. The molecule has 0 aromatic heterocycles. The monoisotopic (exact) mass is 311 g/mol. The number of carbonyl (C=O) groups excluding carboxylic acids is 1. The minimum absolute atomic E-state index is 0. The Balaban J connectivity index is 0.00000162. The van der Waals surface area contributed by atoms with Gasteiger partial charge in [0.05, 0.1) is 6.04 Å². The second-order valence-corrected chi connectivity index (χ2v) is 6.46. The highest BCUT2D eigenvalue weighted by molar-refractivity contribution is 5.85. The zero-order valence-electron chi connectivity index (χ0n) is 12.1. The number of carbonyl (C=O) groups is 1. The van der Waals surface area contributed by atoms with Gasteiger partial charge in [0, 0.05) is 25.7 Å². The van der Waals surface area contributed by atoms with Crippen LogP contribution in [0.4, 0.5) is 0 Å². The third kappa shape index (κ3) is 4.22. The number of hydrogen-bond acceptors (Lipinski definition) is 3. The van der Waals surface area contributed by atoms with Gasteiger partial charge in [-0.1, -0.05) is 20.8 Å². The zero-order chi connectivity index (χ0) is 12.6. The number of fused-ring (bicyclic) bond motifs is 1. The second-order valence-electron chi connectivity index (χ2n) is 6.46. The number of amides is 1. The van der Waals surface area contributed by atoms with Gasteiger partial charge in [-0.25, -0.2) is 0 Å². The van der Waals surface area contributed by atoms with Crippen LogP contribution >= 0.6 is 24.8 Å². The van der Waals surface area contributed by atoms with Crippen LogP contribution in [0.2, 0.25) is 0 Å². The lowest BCUT2D eigenvalue weighted by Crippen LogP contribution is -2.58. The third-order valence-electron chi connectivity index (χ3n) is 4.10. The van der Waals surface area contributed by atoms with Crippen molar-refractivity contribution < 1.29 is 4.79 Å². The molecule has 0 saturated carbocycles. The van der Waals surface area contributed by atoms with Gasteiger partial charge in [-0.2, -0.15) is 0 Å². The Bertz CT molecular complexity index is 307. The van der Waals surface area contributed by atoms with Gasteiger partial charge in [0.2, 0.25) is 5.91 Å². The minimum atomic E-state index is -0.379. The molecule has 0 aromatic rings. The largest absolute Gasteiger partial charge is 0.338 e. The summed E-state index contributed by atoms with van der Waals surface area (Å²) in [6, 6.07) is 0.204. The van der Waals surface area contributed by atoms with Crippen molar-refractivity contribution in [3.63, 3.8) is 0 Å². The van der Waals surface area contributed by atoms with Gasteiger partial charge in [-0.15, -0.1) is 24.8 Å². The van der Waals surface area contributed by atoms with Crippen molar-refractivity contribution in [1.82, 2.24) is 9.80 Å². The quantitative estimate of drug-likeness (QED) is 0.798. The first kappa shape index (κ1) is 19.0. The maximum atomic E-state index is 12.3. The molecule has 6 heteroatoms. The van der Waals surface area contributed by atoms with Gasteiger partial charge in [0.15, 0.2) is 0 Å². The van der Waals surface area contributed by atoms with Crippen molar-refractivity contribution in [2.45, 2.75) is 45.7 Å². The molecular formula is C13H27Cl2N3O. The van der Waals surface area contributed by atoms with E-state index in [1.54, 1.807) is 0 Å². The lowest BCUT2D eigenvalue weighted by molar-refractivity contribution is -0.137. The summed E-state index contributed by atoms with van der Waals surface area (Å²) in [6.45, 7) is 10.0. The lowest BCUT2D eigenvalue weighted by atomic mass is 9.86. The molecule has 0 bridgehead atoms. The fraction of sp³-hybridized carbons (Fsp3) is 0.923. The summed E-state index contributed by atoms with van der Waals surface area (Å²) in [4.78, 5) is 16.8. The first-order valence-electron chi connectivity index (χ1n) is 6.68. The molecule has 114 valence electrons. The maximum absolute atomic E-state index is 12.3. The molecule has 2 atom stereocenters.